The number of aryl methyl sites for hydroxylation is 1. The Kier molecular flexibility index (Phi) is 4.44. The molecule has 90 valence electrons. The van der Waals surface area contributed by atoms with Crippen molar-refractivity contribution >= 4 is 34.9 Å². The van der Waals surface area contributed by atoms with Gasteiger partial charge in [0.2, 0.25) is 0 Å². The predicted molar refractivity (Wildman–Crippen MR) is 74.9 cm³/mol. The first kappa shape index (κ1) is 12.9. The molecule has 0 unspecified atom stereocenters. The molecule has 0 atom stereocenters. The zero-order valence-electron chi connectivity index (χ0n) is 9.64. The van der Waals surface area contributed by atoms with Crippen LogP contribution in [0.25, 0.3) is 0 Å². The van der Waals surface area contributed by atoms with E-state index in [9.17, 15) is 0 Å². The van der Waals surface area contributed by atoms with E-state index >= 15 is 0 Å². The third-order valence-electron chi connectivity index (χ3n) is 2.30. The van der Waals surface area contributed by atoms with Crippen LogP contribution in [-0.2, 0) is 6.54 Å². The summed E-state index contributed by atoms with van der Waals surface area (Å²) in [5, 5.41) is 8.22. The summed E-state index contributed by atoms with van der Waals surface area (Å²) in [6.45, 7) is 2.67. The number of hydrogen-bond donors (Lipinski definition) is 1. The highest BCUT2D eigenvalue weighted by Gasteiger charge is 2.06. The molecule has 1 heterocycles. The standard InChI is InChI=1S/C11H13N3S3/c1-7-5-9(4-3-8(7)6-12)16-11-14-13-10(15-2)17-11/h3-5H,6,12H2,1-2H3. The Bertz CT molecular complexity index is 510. The van der Waals surface area contributed by atoms with E-state index in [4.69, 9.17) is 5.73 Å². The maximum absolute atomic E-state index is 5.64. The minimum atomic E-state index is 0.589. The lowest BCUT2D eigenvalue weighted by molar-refractivity contribution is 0.955. The summed E-state index contributed by atoms with van der Waals surface area (Å²) in [4.78, 5) is 1.18. The van der Waals surface area contributed by atoms with Gasteiger partial charge in [0.05, 0.1) is 0 Å². The van der Waals surface area contributed by atoms with Crippen molar-refractivity contribution in [1.82, 2.24) is 10.2 Å². The van der Waals surface area contributed by atoms with Gasteiger partial charge in [0, 0.05) is 11.4 Å². The van der Waals surface area contributed by atoms with E-state index in [2.05, 4.69) is 35.3 Å². The summed E-state index contributed by atoms with van der Waals surface area (Å²) >= 11 is 4.89. The minimum absolute atomic E-state index is 0.589. The lowest BCUT2D eigenvalue weighted by atomic mass is 10.1. The molecule has 0 bridgehead atoms. The van der Waals surface area contributed by atoms with E-state index < -0.39 is 0 Å². The van der Waals surface area contributed by atoms with Crippen LogP contribution >= 0.6 is 34.9 Å². The van der Waals surface area contributed by atoms with E-state index in [1.807, 2.05) is 6.26 Å². The second-order valence-electron chi connectivity index (χ2n) is 3.43. The molecule has 2 aromatic rings. The van der Waals surface area contributed by atoms with Crippen LogP contribution < -0.4 is 5.73 Å². The fourth-order valence-corrected chi connectivity index (χ4v) is 3.89. The van der Waals surface area contributed by atoms with Crippen molar-refractivity contribution in [2.75, 3.05) is 6.26 Å². The number of aromatic nitrogens is 2. The van der Waals surface area contributed by atoms with Crippen LogP contribution in [-0.4, -0.2) is 16.5 Å². The Morgan fingerprint density at radius 3 is 2.65 bits per heavy atom. The SMILES string of the molecule is CSc1nnc(Sc2ccc(CN)c(C)c2)s1. The van der Waals surface area contributed by atoms with Gasteiger partial charge in [0.25, 0.3) is 0 Å². The summed E-state index contributed by atoms with van der Waals surface area (Å²) in [7, 11) is 0. The second kappa shape index (κ2) is 5.86. The van der Waals surface area contributed by atoms with Crippen molar-refractivity contribution in [1.29, 1.82) is 0 Å². The van der Waals surface area contributed by atoms with Crippen molar-refractivity contribution in [2.24, 2.45) is 5.73 Å². The van der Waals surface area contributed by atoms with Crippen molar-refractivity contribution in [3.05, 3.63) is 29.3 Å². The third kappa shape index (κ3) is 3.22. The van der Waals surface area contributed by atoms with Crippen molar-refractivity contribution in [3.63, 3.8) is 0 Å². The van der Waals surface area contributed by atoms with Crippen molar-refractivity contribution in [3.8, 4) is 0 Å². The molecular formula is C11H13N3S3. The van der Waals surface area contributed by atoms with Crippen molar-refractivity contribution in [2.45, 2.75) is 27.0 Å². The van der Waals surface area contributed by atoms with Gasteiger partial charge in [-0.15, -0.1) is 10.2 Å². The minimum Gasteiger partial charge on any atom is -0.326 e. The zero-order chi connectivity index (χ0) is 12.3. The Balaban J connectivity index is 2.15. The Labute approximate surface area is 113 Å². The molecule has 0 amide bonds. The Morgan fingerprint density at radius 1 is 1.29 bits per heavy atom. The topological polar surface area (TPSA) is 51.8 Å². The van der Waals surface area contributed by atoms with E-state index in [1.54, 1.807) is 34.9 Å². The highest BCUT2D eigenvalue weighted by atomic mass is 32.2. The van der Waals surface area contributed by atoms with Gasteiger partial charge in [0.1, 0.15) is 0 Å². The van der Waals surface area contributed by atoms with E-state index in [0.717, 1.165) is 8.68 Å². The summed E-state index contributed by atoms with van der Waals surface area (Å²) in [5.74, 6) is 0. The quantitative estimate of drug-likeness (QED) is 0.873. The fourth-order valence-electron chi connectivity index (χ4n) is 1.38. The van der Waals surface area contributed by atoms with Crippen LogP contribution in [0.5, 0.6) is 0 Å². The highest BCUT2D eigenvalue weighted by molar-refractivity contribution is 8.03. The van der Waals surface area contributed by atoms with Crippen LogP contribution in [0.2, 0.25) is 0 Å². The fraction of sp³-hybridized carbons (Fsp3) is 0.273. The number of benzene rings is 1. The third-order valence-corrected chi connectivity index (χ3v) is 5.24. The molecule has 0 aliphatic carbocycles. The number of rotatable bonds is 4. The van der Waals surface area contributed by atoms with Crippen LogP contribution in [0, 0.1) is 6.92 Å². The van der Waals surface area contributed by atoms with Gasteiger partial charge in [-0.3, -0.25) is 0 Å². The molecule has 0 saturated heterocycles. The molecule has 0 saturated carbocycles. The number of nitrogens with zero attached hydrogens (tertiary/aromatic N) is 2. The summed E-state index contributed by atoms with van der Waals surface area (Å²) in [5.41, 5.74) is 8.06. The average molecular weight is 283 g/mol. The first-order valence-electron chi connectivity index (χ1n) is 5.08. The second-order valence-corrected chi connectivity index (χ2v) is 6.78. The smallest absolute Gasteiger partial charge is 0.179 e. The molecule has 1 aromatic heterocycles. The van der Waals surface area contributed by atoms with Crippen LogP contribution in [0.4, 0.5) is 0 Å². The molecule has 6 heteroatoms. The normalized spacial score (nSPS) is 10.8. The largest absolute Gasteiger partial charge is 0.326 e. The lowest BCUT2D eigenvalue weighted by Gasteiger charge is -2.04. The predicted octanol–water partition coefficient (Wildman–Crippen LogP) is 3.18. The van der Waals surface area contributed by atoms with Gasteiger partial charge in [-0.25, -0.2) is 0 Å². The van der Waals surface area contributed by atoms with Crippen LogP contribution in [0.1, 0.15) is 11.1 Å². The van der Waals surface area contributed by atoms with Gasteiger partial charge < -0.3 is 5.73 Å². The van der Waals surface area contributed by atoms with E-state index in [-0.39, 0.29) is 0 Å². The molecule has 2 N–H and O–H groups in total. The van der Waals surface area contributed by atoms with Gasteiger partial charge in [-0.05, 0) is 36.4 Å². The number of nitrogens with two attached hydrogens (primary N) is 1. The van der Waals surface area contributed by atoms with Gasteiger partial charge in [0.15, 0.2) is 8.68 Å². The van der Waals surface area contributed by atoms with Crippen molar-refractivity contribution < 1.29 is 0 Å². The van der Waals surface area contributed by atoms with Gasteiger partial charge in [-0.2, -0.15) is 0 Å². The first-order chi connectivity index (χ1) is 8.22. The molecule has 2 rings (SSSR count). The highest BCUT2D eigenvalue weighted by Crippen LogP contribution is 2.33. The van der Waals surface area contributed by atoms with E-state index in [1.165, 1.54) is 16.0 Å². The van der Waals surface area contributed by atoms with Gasteiger partial charge >= 0.3 is 0 Å². The van der Waals surface area contributed by atoms with Crippen LogP contribution in [0.15, 0.2) is 31.8 Å². The maximum atomic E-state index is 5.64. The monoisotopic (exact) mass is 283 g/mol. The van der Waals surface area contributed by atoms with E-state index in [0.29, 0.717) is 6.54 Å². The number of thioether (sulfide) groups is 1. The lowest BCUT2D eigenvalue weighted by Crippen LogP contribution is -1.98. The zero-order valence-corrected chi connectivity index (χ0v) is 12.1. The molecule has 0 spiro atoms. The first-order valence-corrected chi connectivity index (χ1v) is 7.93. The van der Waals surface area contributed by atoms with Gasteiger partial charge in [-0.1, -0.05) is 40.9 Å². The summed E-state index contributed by atoms with van der Waals surface area (Å²) < 4.78 is 1.98. The molecule has 0 aliphatic rings. The maximum Gasteiger partial charge on any atom is 0.179 e. The summed E-state index contributed by atoms with van der Waals surface area (Å²) in [6, 6.07) is 6.31. The van der Waals surface area contributed by atoms with Crippen LogP contribution in [0.3, 0.4) is 0 Å². The molecule has 17 heavy (non-hydrogen) atoms. The summed E-state index contributed by atoms with van der Waals surface area (Å²) in [6.07, 6.45) is 2.01. The molecule has 1 aromatic carbocycles. The molecular weight excluding hydrogens is 270 g/mol. The number of hydrogen-bond acceptors (Lipinski definition) is 6. The Hall–Kier alpha value is -0.560. The molecule has 0 radical (unpaired) electrons. The molecule has 0 fully saturated rings. The molecule has 3 nitrogen and oxygen atoms in total. The Morgan fingerprint density at radius 2 is 2.06 bits per heavy atom. The molecule has 0 aliphatic heterocycles. The average Bonchev–Trinajstić information content (AvgIpc) is 2.77.